The van der Waals surface area contributed by atoms with E-state index in [0.29, 0.717) is 24.5 Å². The molecule has 55 heavy (non-hydrogen) atoms. The summed E-state index contributed by atoms with van der Waals surface area (Å²) >= 11 is 0. The minimum atomic E-state index is -1.48. The van der Waals surface area contributed by atoms with Crippen LogP contribution in [0, 0.1) is 5.82 Å². The molecule has 0 spiro atoms. The second kappa shape index (κ2) is 16.7. The highest BCUT2D eigenvalue weighted by Gasteiger charge is 2.21. The van der Waals surface area contributed by atoms with Gasteiger partial charge in [-0.3, -0.25) is 18.7 Å². The van der Waals surface area contributed by atoms with Crippen LogP contribution in [0.1, 0.15) is 54.5 Å². The molecule has 6 aromatic rings. The number of nitrogens with one attached hydrogen (secondary N) is 2. The van der Waals surface area contributed by atoms with Gasteiger partial charge in [0.2, 0.25) is 0 Å². The lowest BCUT2D eigenvalue weighted by Gasteiger charge is -2.15. The van der Waals surface area contributed by atoms with E-state index in [1.54, 1.807) is 40.0 Å². The van der Waals surface area contributed by atoms with Gasteiger partial charge in [-0.15, -0.1) is 20.4 Å². The first-order chi connectivity index (χ1) is 26.6. The van der Waals surface area contributed by atoms with E-state index in [1.165, 1.54) is 50.1 Å². The van der Waals surface area contributed by atoms with Crippen LogP contribution in [0.15, 0.2) is 86.0 Å². The number of aromatic nitrogens is 8. The number of unbranched alkanes of at least 4 members (excludes halogenated alkanes) is 1. The minimum Gasteiger partial charge on any atom is -0.493 e. The number of carboxylic acid groups (broad SMARTS) is 2. The molecular formula is C35H29FN10O9. The standard InChI is InChI=1S/C35H29FN10O9/c1-53-28-15-21(35(51)52)26(40-33(48)24-5-7-31(44-42-24)46-11-9-38-19-46)17-29(28)55-13-3-2-12-54-27-16-25(20(34(49)50)14-22(27)36)39-32(47)23-4-6-30(43-41-23)45-10-8-37-18-45/h4-11,14-19H,2-3,12-13H2,1H3,(H,39,47)(H,40,48)(H,49,50)(H,51,52). The third-order valence-corrected chi connectivity index (χ3v) is 7.69. The van der Waals surface area contributed by atoms with Gasteiger partial charge >= 0.3 is 11.9 Å². The number of hydrogen-bond acceptors (Lipinski definition) is 13. The summed E-state index contributed by atoms with van der Waals surface area (Å²) in [7, 11) is 1.32. The third-order valence-electron chi connectivity index (χ3n) is 7.69. The molecule has 0 saturated carbocycles. The summed E-state index contributed by atoms with van der Waals surface area (Å²) < 4.78 is 34.7. The van der Waals surface area contributed by atoms with Gasteiger partial charge in [0.05, 0.1) is 42.8 Å². The molecule has 280 valence electrons. The molecule has 0 radical (unpaired) electrons. The monoisotopic (exact) mass is 752 g/mol. The third kappa shape index (κ3) is 8.83. The number of carbonyl (C=O) groups excluding carboxylic acids is 2. The van der Waals surface area contributed by atoms with E-state index in [4.69, 9.17) is 14.2 Å². The molecule has 0 aliphatic carbocycles. The molecule has 0 aliphatic rings. The summed E-state index contributed by atoms with van der Waals surface area (Å²) in [6.07, 6.45) is 10.1. The fourth-order valence-corrected chi connectivity index (χ4v) is 4.96. The first-order valence-electron chi connectivity index (χ1n) is 16.2. The quantitative estimate of drug-likeness (QED) is 0.102. The summed E-state index contributed by atoms with van der Waals surface area (Å²) in [6.45, 7) is 0.0431. The Morgan fingerprint density at radius 2 is 1.16 bits per heavy atom. The van der Waals surface area contributed by atoms with Crippen molar-refractivity contribution in [2.24, 2.45) is 0 Å². The zero-order valence-electron chi connectivity index (χ0n) is 28.6. The maximum atomic E-state index is 14.9. The Morgan fingerprint density at radius 3 is 1.60 bits per heavy atom. The number of carboxylic acids is 2. The predicted octanol–water partition coefficient (Wildman–Crippen LogP) is 3.92. The molecule has 0 unspecified atom stereocenters. The lowest BCUT2D eigenvalue weighted by Crippen LogP contribution is -2.17. The number of benzene rings is 2. The molecule has 4 heterocycles. The van der Waals surface area contributed by atoms with Crippen molar-refractivity contribution in [1.29, 1.82) is 0 Å². The summed E-state index contributed by atoms with van der Waals surface area (Å²) in [5.41, 5.74) is -1.29. The molecule has 0 atom stereocenters. The second-order valence-electron chi connectivity index (χ2n) is 11.3. The first kappa shape index (κ1) is 37.0. The van der Waals surface area contributed by atoms with Crippen molar-refractivity contribution < 1.29 is 48.0 Å². The number of aromatic carboxylic acids is 2. The molecule has 0 aliphatic heterocycles. The maximum Gasteiger partial charge on any atom is 0.337 e. The predicted molar refractivity (Wildman–Crippen MR) is 188 cm³/mol. The summed E-state index contributed by atoms with van der Waals surface area (Å²) in [4.78, 5) is 57.6. The van der Waals surface area contributed by atoms with Crippen molar-refractivity contribution in [2.75, 3.05) is 31.0 Å². The van der Waals surface area contributed by atoms with Gasteiger partial charge in [0.1, 0.15) is 12.7 Å². The van der Waals surface area contributed by atoms with Crippen molar-refractivity contribution in [3.63, 3.8) is 0 Å². The summed E-state index contributed by atoms with van der Waals surface area (Å²) in [6, 6.07) is 10.2. The van der Waals surface area contributed by atoms with E-state index in [9.17, 15) is 33.8 Å². The van der Waals surface area contributed by atoms with Crippen LogP contribution in [0.2, 0.25) is 0 Å². The number of ether oxygens (including phenoxy) is 3. The second-order valence-corrected chi connectivity index (χ2v) is 11.3. The first-order valence-corrected chi connectivity index (χ1v) is 16.2. The Balaban J connectivity index is 1.05. The fourth-order valence-electron chi connectivity index (χ4n) is 4.96. The zero-order chi connectivity index (χ0) is 38.9. The molecular weight excluding hydrogens is 723 g/mol. The molecule has 0 fully saturated rings. The Bertz CT molecular complexity index is 2320. The van der Waals surface area contributed by atoms with Gasteiger partial charge < -0.3 is 35.1 Å². The van der Waals surface area contributed by atoms with Gasteiger partial charge in [-0.1, -0.05) is 0 Å². The van der Waals surface area contributed by atoms with Crippen LogP contribution >= 0.6 is 0 Å². The van der Waals surface area contributed by atoms with Crippen LogP contribution < -0.4 is 24.8 Å². The molecule has 2 amide bonds. The number of methoxy groups -OCH3 is 1. The van der Waals surface area contributed by atoms with Crippen LogP contribution in [-0.4, -0.2) is 93.8 Å². The fraction of sp³-hybridized carbons (Fsp3) is 0.143. The van der Waals surface area contributed by atoms with Gasteiger partial charge in [-0.25, -0.2) is 23.9 Å². The van der Waals surface area contributed by atoms with Gasteiger partial charge in [0.25, 0.3) is 11.8 Å². The summed E-state index contributed by atoms with van der Waals surface area (Å²) in [5, 5.41) is 40.1. The molecule has 4 aromatic heterocycles. The van der Waals surface area contributed by atoms with Crippen molar-refractivity contribution in [3.05, 3.63) is 114 Å². The number of nitrogens with zero attached hydrogens (tertiary/aromatic N) is 8. The molecule has 20 heteroatoms. The average molecular weight is 753 g/mol. The van der Waals surface area contributed by atoms with E-state index in [1.807, 2.05) is 0 Å². The van der Waals surface area contributed by atoms with Crippen LogP contribution in [0.4, 0.5) is 15.8 Å². The number of anilines is 2. The molecule has 2 aromatic carbocycles. The normalized spacial score (nSPS) is 10.7. The highest BCUT2D eigenvalue weighted by atomic mass is 19.1. The van der Waals surface area contributed by atoms with Crippen molar-refractivity contribution in [2.45, 2.75) is 12.8 Å². The molecule has 19 nitrogen and oxygen atoms in total. The highest BCUT2D eigenvalue weighted by molar-refractivity contribution is 6.08. The van der Waals surface area contributed by atoms with Gasteiger partial charge in [-0.2, -0.15) is 0 Å². The van der Waals surface area contributed by atoms with E-state index in [2.05, 4.69) is 41.0 Å². The Hall–Kier alpha value is -7.77. The number of rotatable bonds is 16. The van der Waals surface area contributed by atoms with Gasteiger partial charge in [-0.05, 0) is 43.2 Å². The Labute approximate surface area is 309 Å². The maximum absolute atomic E-state index is 14.9. The SMILES string of the molecule is COc1cc(C(=O)O)c(NC(=O)c2ccc(-n3ccnc3)nn2)cc1OCCCCOc1cc(NC(=O)c2ccc(-n3ccnc3)nn2)c(C(=O)O)cc1F. The molecule has 0 saturated heterocycles. The van der Waals surface area contributed by atoms with Crippen molar-refractivity contribution >= 4 is 35.1 Å². The number of amides is 2. The topological polar surface area (TPSA) is 248 Å². The highest BCUT2D eigenvalue weighted by Crippen LogP contribution is 2.34. The molecule has 0 bridgehead atoms. The van der Waals surface area contributed by atoms with Crippen molar-refractivity contribution in [1.82, 2.24) is 39.5 Å². The van der Waals surface area contributed by atoms with E-state index < -0.39 is 35.1 Å². The van der Waals surface area contributed by atoms with Crippen LogP contribution in [-0.2, 0) is 0 Å². The Kier molecular flexibility index (Phi) is 11.2. The smallest absolute Gasteiger partial charge is 0.337 e. The van der Waals surface area contributed by atoms with E-state index >= 15 is 0 Å². The van der Waals surface area contributed by atoms with Gasteiger partial charge in [0.15, 0.2) is 46.1 Å². The average Bonchev–Trinajstić information content (AvgIpc) is 3.93. The van der Waals surface area contributed by atoms with E-state index in [0.717, 1.165) is 12.1 Å². The number of halogens is 1. The van der Waals surface area contributed by atoms with Crippen molar-refractivity contribution in [3.8, 4) is 28.9 Å². The lowest BCUT2D eigenvalue weighted by molar-refractivity contribution is 0.0686. The minimum absolute atomic E-state index is 0.0294. The zero-order valence-corrected chi connectivity index (χ0v) is 28.6. The summed E-state index contributed by atoms with van der Waals surface area (Å²) in [5.74, 6) is -4.57. The van der Waals surface area contributed by atoms with Crippen LogP contribution in [0.3, 0.4) is 0 Å². The number of hydrogen-bond donors (Lipinski definition) is 4. The largest absolute Gasteiger partial charge is 0.493 e. The van der Waals surface area contributed by atoms with Crippen LogP contribution in [0.25, 0.3) is 11.6 Å². The number of carbonyl (C=O) groups is 4. The molecule has 6 rings (SSSR count). The Morgan fingerprint density at radius 1 is 0.673 bits per heavy atom. The molecule has 4 N–H and O–H groups in total. The number of imidazole rings is 2. The van der Waals surface area contributed by atoms with Crippen LogP contribution in [0.5, 0.6) is 17.2 Å². The van der Waals surface area contributed by atoms with E-state index in [-0.39, 0.29) is 58.8 Å². The lowest BCUT2D eigenvalue weighted by atomic mass is 10.1. The van der Waals surface area contributed by atoms with Gasteiger partial charge in [0, 0.05) is 43.0 Å².